The standard InChI is InChI=1S/2C25H18O10/c1-32-16-6-4-14(5-7-16)25-24(31,23(30)22-17(27)11-15(26)12-20(22)35-25)33-19-10-13(3-9-21(28)29)2-8-18(19)34-25;1-32-16-6-4-14(5-7-16)25-24(31,23(30)22-17(27)11-15(26)12-20(22)35-25)33-18-8-2-13(3-9-21(28)29)10-19(18)34-25/h2*2-12,26-27,31H,1H3,(H,28,29)/b2*9-3+. The van der Waals surface area contributed by atoms with Crippen LogP contribution in [0.2, 0.25) is 0 Å². The quantitative estimate of drug-likeness (QED) is 0.0863. The maximum absolute atomic E-state index is 13.6. The number of aliphatic hydroxyl groups is 2. The van der Waals surface area contributed by atoms with Crippen LogP contribution in [-0.4, -0.2) is 90.2 Å². The second kappa shape index (κ2) is 16.7. The molecule has 0 bridgehead atoms. The predicted octanol–water partition coefficient (Wildman–Crippen LogP) is 5.58. The monoisotopic (exact) mass is 956 g/mol. The van der Waals surface area contributed by atoms with Gasteiger partial charge in [0.15, 0.2) is 23.0 Å². The number of carboxylic acid groups (broad SMARTS) is 2. The number of ketones is 2. The molecular weight excluding hydrogens is 921 g/mol. The average molecular weight is 957 g/mol. The Morgan fingerprint density at radius 2 is 0.829 bits per heavy atom. The summed E-state index contributed by atoms with van der Waals surface area (Å²) in [5.74, 6) is -16.2. The summed E-state index contributed by atoms with van der Waals surface area (Å²) in [5, 5.41) is 81.9. The van der Waals surface area contributed by atoms with Crippen molar-refractivity contribution < 1.29 is 97.9 Å². The predicted molar refractivity (Wildman–Crippen MR) is 237 cm³/mol. The van der Waals surface area contributed by atoms with Gasteiger partial charge in [-0.2, -0.15) is 0 Å². The lowest BCUT2D eigenvalue weighted by atomic mass is 9.85. The molecule has 20 heteroatoms. The molecule has 0 amide bonds. The maximum atomic E-state index is 13.6. The van der Waals surface area contributed by atoms with E-state index in [1.165, 1.54) is 81.0 Å². The van der Waals surface area contributed by atoms with E-state index in [4.69, 9.17) is 48.1 Å². The molecule has 0 spiro atoms. The molecule has 0 radical (unpaired) electrons. The van der Waals surface area contributed by atoms with Crippen LogP contribution in [0.15, 0.2) is 121 Å². The second-order valence-electron chi connectivity index (χ2n) is 15.7. The smallest absolute Gasteiger partial charge is 0.357 e. The zero-order valence-corrected chi connectivity index (χ0v) is 36.2. The molecule has 4 heterocycles. The number of carbonyl (C=O) groups is 4. The minimum atomic E-state index is -2.83. The van der Waals surface area contributed by atoms with Gasteiger partial charge in [0, 0.05) is 47.5 Å². The Hall–Kier alpha value is -9.40. The van der Waals surface area contributed by atoms with Gasteiger partial charge < -0.3 is 78.7 Å². The molecule has 0 saturated carbocycles. The minimum Gasteiger partial charge on any atom is -0.508 e. The lowest BCUT2D eigenvalue weighted by molar-refractivity contribution is -0.316. The molecule has 6 aromatic rings. The van der Waals surface area contributed by atoms with Gasteiger partial charge in [0.25, 0.3) is 11.6 Å². The highest BCUT2D eigenvalue weighted by Gasteiger charge is 2.72. The number of phenols is 4. The fourth-order valence-corrected chi connectivity index (χ4v) is 8.08. The molecule has 4 aliphatic heterocycles. The number of benzene rings is 6. The topological polar surface area (TPSA) is 304 Å². The molecule has 10 rings (SSSR count). The number of ether oxygens (including phenoxy) is 8. The van der Waals surface area contributed by atoms with Crippen LogP contribution in [-0.2, 0) is 21.2 Å². The Labute approximate surface area is 393 Å². The van der Waals surface area contributed by atoms with Crippen LogP contribution < -0.4 is 37.9 Å². The Kier molecular flexibility index (Phi) is 10.9. The summed E-state index contributed by atoms with van der Waals surface area (Å²) in [6, 6.07) is 25.0. The van der Waals surface area contributed by atoms with E-state index in [0.29, 0.717) is 22.6 Å². The van der Waals surface area contributed by atoms with E-state index >= 15 is 0 Å². The largest absolute Gasteiger partial charge is 0.508 e. The van der Waals surface area contributed by atoms with Crippen LogP contribution in [0.3, 0.4) is 0 Å². The average Bonchev–Trinajstić information content (AvgIpc) is 3.32. The molecule has 4 atom stereocenters. The molecule has 70 heavy (non-hydrogen) atoms. The highest BCUT2D eigenvalue weighted by atomic mass is 16.8. The van der Waals surface area contributed by atoms with Crippen LogP contribution in [0, 0.1) is 0 Å². The van der Waals surface area contributed by atoms with Gasteiger partial charge in [0.05, 0.1) is 14.2 Å². The molecule has 0 aliphatic carbocycles. The maximum Gasteiger partial charge on any atom is 0.357 e. The van der Waals surface area contributed by atoms with E-state index in [1.807, 2.05) is 0 Å². The van der Waals surface area contributed by atoms with Crippen molar-refractivity contribution in [1.29, 1.82) is 0 Å². The fraction of sp³-hybridized carbons (Fsp3) is 0.120. The van der Waals surface area contributed by atoms with Gasteiger partial charge in [-0.05, 0) is 96.1 Å². The molecule has 0 aromatic heterocycles. The number of methoxy groups -OCH3 is 2. The second-order valence-corrected chi connectivity index (χ2v) is 15.7. The van der Waals surface area contributed by atoms with Gasteiger partial charge in [0.1, 0.15) is 57.1 Å². The summed E-state index contributed by atoms with van der Waals surface area (Å²) in [5.41, 5.74) is 0.337. The number of hydrogen-bond acceptors (Lipinski definition) is 18. The van der Waals surface area contributed by atoms with Crippen LogP contribution in [0.4, 0.5) is 0 Å². The van der Waals surface area contributed by atoms with Gasteiger partial charge in [-0.25, -0.2) is 9.59 Å². The SMILES string of the molecule is COc1ccc(C23Oc4cc(/C=C/C(=O)O)ccc4OC2(O)C(=O)c2c(O)cc(O)cc2O3)cc1.COc1ccc(C23Oc4ccc(/C=C/C(=O)O)cc4OC2(O)C(=O)c2c(O)cc(O)cc2O3)cc1. The van der Waals surface area contributed by atoms with Crippen LogP contribution >= 0.6 is 0 Å². The van der Waals surface area contributed by atoms with Crippen molar-refractivity contribution in [2.45, 2.75) is 23.1 Å². The Morgan fingerprint density at radius 1 is 0.471 bits per heavy atom. The Morgan fingerprint density at radius 3 is 1.23 bits per heavy atom. The third kappa shape index (κ3) is 7.35. The molecule has 0 fully saturated rings. The third-order valence-electron chi connectivity index (χ3n) is 11.3. The number of carbonyl (C=O) groups excluding carboxylic acids is 2. The zero-order chi connectivity index (χ0) is 49.9. The van der Waals surface area contributed by atoms with Gasteiger partial charge >= 0.3 is 35.1 Å². The van der Waals surface area contributed by atoms with Gasteiger partial charge in [-0.15, -0.1) is 0 Å². The summed E-state index contributed by atoms with van der Waals surface area (Å²) in [7, 11) is 2.94. The molecule has 8 N–H and O–H groups in total. The molecule has 4 unspecified atom stereocenters. The van der Waals surface area contributed by atoms with Crippen molar-refractivity contribution in [3.8, 4) is 69.0 Å². The summed E-state index contributed by atoms with van der Waals surface area (Å²) in [6.45, 7) is 0. The summed E-state index contributed by atoms with van der Waals surface area (Å²) in [4.78, 5) is 49.0. The van der Waals surface area contributed by atoms with Gasteiger partial charge in [-0.3, -0.25) is 9.59 Å². The highest BCUT2D eigenvalue weighted by Crippen LogP contribution is 2.57. The fourth-order valence-electron chi connectivity index (χ4n) is 8.08. The van der Waals surface area contributed by atoms with Crippen LogP contribution in [0.5, 0.6) is 69.0 Å². The van der Waals surface area contributed by atoms with E-state index in [0.717, 1.165) is 36.4 Å². The van der Waals surface area contributed by atoms with Crippen molar-refractivity contribution in [3.63, 3.8) is 0 Å². The molecular formula is C50H36O20. The van der Waals surface area contributed by atoms with E-state index in [2.05, 4.69) is 0 Å². The van der Waals surface area contributed by atoms with E-state index < -0.39 is 69.3 Å². The van der Waals surface area contributed by atoms with Gasteiger partial charge in [-0.1, -0.05) is 12.1 Å². The van der Waals surface area contributed by atoms with Gasteiger partial charge in [0.2, 0.25) is 0 Å². The molecule has 0 saturated heterocycles. The summed E-state index contributed by atoms with van der Waals surface area (Å²) < 4.78 is 46.2. The first-order chi connectivity index (χ1) is 33.3. The number of rotatable bonds is 8. The first kappa shape index (κ1) is 45.7. The lowest BCUT2D eigenvalue weighted by Crippen LogP contribution is -2.70. The molecule has 6 aromatic carbocycles. The molecule has 4 aliphatic rings. The summed E-state index contributed by atoms with van der Waals surface area (Å²) in [6.07, 6.45) is 4.47. The normalized spacial score (nSPS) is 22.2. The highest BCUT2D eigenvalue weighted by molar-refractivity contribution is 6.09. The van der Waals surface area contributed by atoms with Crippen molar-refractivity contribution in [1.82, 2.24) is 0 Å². The lowest BCUT2D eigenvalue weighted by Gasteiger charge is -2.50. The van der Waals surface area contributed by atoms with E-state index in [-0.39, 0.29) is 57.1 Å². The van der Waals surface area contributed by atoms with Crippen molar-refractivity contribution >= 4 is 35.7 Å². The first-order valence-electron chi connectivity index (χ1n) is 20.5. The van der Waals surface area contributed by atoms with Crippen LogP contribution in [0.25, 0.3) is 12.2 Å². The number of hydrogen-bond donors (Lipinski definition) is 8. The van der Waals surface area contributed by atoms with Crippen molar-refractivity contribution in [2.75, 3.05) is 14.2 Å². The zero-order valence-electron chi connectivity index (χ0n) is 36.2. The Bertz CT molecular complexity index is 3220. The van der Waals surface area contributed by atoms with Crippen LogP contribution in [0.1, 0.15) is 43.0 Å². The van der Waals surface area contributed by atoms with Crippen molar-refractivity contribution in [3.05, 3.63) is 155 Å². The minimum absolute atomic E-state index is 0.0252. The van der Waals surface area contributed by atoms with E-state index in [9.17, 15) is 49.8 Å². The number of aromatic hydroxyl groups is 4. The number of fused-ring (bicyclic) bond motifs is 6. The first-order valence-corrected chi connectivity index (χ1v) is 20.5. The number of Topliss-reactive ketones (excluding diaryl/α,β-unsaturated/α-hetero) is 2. The third-order valence-corrected chi connectivity index (χ3v) is 11.3. The number of phenolic OH excluding ortho intramolecular Hbond substituents is 4. The Balaban J connectivity index is 0.000000174. The summed E-state index contributed by atoms with van der Waals surface area (Å²) >= 11 is 0. The van der Waals surface area contributed by atoms with Crippen molar-refractivity contribution in [2.24, 2.45) is 0 Å². The number of carboxylic acids is 2. The number of aliphatic carboxylic acids is 2. The molecule has 20 nitrogen and oxygen atoms in total. The van der Waals surface area contributed by atoms with E-state index in [1.54, 1.807) is 30.3 Å². The molecule has 356 valence electrons.